The van der Waals surface area contributed by atoms with E-state index in [1.807, 2.05) is 0 Å². The summed E-state index contributed by atoms with van der Waals surface area (Å²) in [5.74, 6) is -0.714. The average molecular weight is 478 g/mol. The minimum Gasteiger partial charge on any atom is -0.495 e. The van der Waals surface area contributed by atoms with Gasteiger partial charge in [0.1, 0.15) is 11.4 Å². The molecule has 10 heteroatoms. The first-order valence-corrected chi connectivity index (χ1v) is 12.4. The SMILES string of the molecule is COc1ccc(S(=O)(=O)N2CCCCC2)cc1NC(=O)c1[nH]c(C)c(C(=O)OC(C)C)c1C. The molecule has 1 aromatic heterocycles. The quantitative estimate of drug-likeness (QED) is 0.588. The van der Waals surface area contributed by atoms with Crippen molar-refractivity contribution in [3.8, 4) is 5.75 Å². The number of piperidine rings is 1. The summed E-state index contributed by atoms with van der Waals surface area (Å²) in [4.78, 5) is 28.5. The lowest BCUT2D eigenvalue weighted by Crippen LogP contribution is -2.35. The van der Waals surface area contributed by atoms with Crippen LogP contribution in [0.5, 0.6) is 5.75 Å². The zero-order chi connectivity index (χ0) is 24.3. The minimum atomic E-state index is -3.69. The van der Waals surface area contributed by atoms with Gasteiger partial charge in [-0.05, 0) is 64.3 Å². The van der Waals surface area contributed by atoms with Crippen LogP contribution in [0.25, 0.3) is 0 Å². The van der Waals surface area contributed by atoms with Crippen molar-refractivity contribution in [2.75, 3.05) is 25.5 Å². The van der Waals surface area contributed by atoms with Gasteiger partial charge in [0.25, 0.3) is 5.91 Å². The Morgan fingerprint density at radius 3 is 2.39 bits per heavy atom. The minimum absolute atomic E-state index is 0.0843. The molecule has 0 spiro atoms. The number of methoxy groups -OCH3 is 1. The highest BCUT2D eigenvalue weighted by Crippen LogP contribution is 2.31. The van der Waals surface area contributed by atoms with Crippen LogP contribution >= 0.6 is 0 Å². The molecule has 33 heavy (non-hydrogen) atoms. The standard InChI is InChI=1S/C23H31N3O6S/c1-14(2)32-23(28)20-15(3)21(24-16(20)4)22(27)25-18-13-17(9-10-19(18)31-5)33(29,30)26-11-7-6-8-12-26/h9-10,13-14,24H,6-8,11-12H2,1-5H3,(H,25,27). The van der Waals surface area contributed by atoms with Crippen LogP contribution in [0, 0.1) is 13.8 Å². The second-order valence-corrected chi connectivity index (χ2v) is 10.3. The second-order valence-electron chi connectivity index (χ2n) is 8.36. The lowest BCUT2D eigenvalue weighted by molar-refractivity contribution is 0.0376. The maximum Gasteiger partial charge on any atom is 0.340 e. The maximum atomic E-state index is 13.1. The van der Waals surface area contributed by atoms with Gasteiger partial charge in [0.05, 0.1) is 29.4 Å². The van der Waals surface area contributed by atoms with Crippen molar-refractivity contribution in [1.82, 2.24) is 9.29 Å². The fraction of sp³-hybridized carbons (Fsp3) is 0.478. The number of aryl methyl sites for hydroxylation is 1. The van der Waals surface area contributed by atoms with E-state index in [0.717, 1.165) is 19.3 Å². The number of aromatic nitrogens is 1. The van der Waals surface area contributed by atoms with Crippen LogP contribution < -0.4 is 10.1 Å². The predicted octanol–water partition coefficient (Wildman–Crippen LogP) is 3.63. The first-order chi connectivity index (χ1) is 15.6. The molecule has 1 aliphatic rings. The molecule has 2 heterocycles. The summed E-state index contributed by atoms with van der Waals surface area (Å²) in [5, 5.41) is 2.72. The largest absolute Gasteiger partial charge is 0.495 e. The number of nitrogens with zero attached hydrogens (tertiary/aromatic N) is 1. The van der Waals surface area contributed by atoms with Crippen LogP contribution in [0.4, 0.5) is 5.69 Å². The van der Waals surface area contributed by atoms with Crippen LogP contribution in [0.15, 0.2) is 23.1 Å². The van der Waals surface area contributed by atoms with Gasteiger partial charge in [0.15, 0.2) is 0 Å². The molecule has 1 aromatic carbocycles. The normalized spacial score (nSPS) is 14.8. The number of rotatable bonds is 7. The molecule has 9 nitrogen and oxygen atoms in total. The van der Waals surface area contributed by atoms with Crippen molar-refractivity contribution in [3.63, 3.8) is 0 Å². The zero-order valence-corrected chi connectivity index (χ0v) is 20.5. The van der Waals surface area contributed by atoms with Crippen molar-refractivity contribution >= 4 is 27.6 Å². The van der Waals surface area contributed by atoms with E-state index in [1.165, 1.54) is 29.6 Å². The molecular weight excluding hydrogens is 446 g/mol. The Balaban J connectivity index is 1.91. The van der Waals surface area contributed by atoms with Crippen molar-refractivity contribution in [3.05, 3.63) is 40.7 Å². The van der Waals surface area contributed by atoms with E-state index in [0.29, 0.717) is 35.7 Å². The predicted molar refractivity (Wildman–Crippen MR) is 124 cm³/mol. The molecule has 180 valence electrons. The highest BCUT2D eigenvalue weighted by molar-refractivity contribution is 7.89. The Hall–Kier alpha value is -2.85. The number of esters is 1. The van der Waals surface area contributed by atoms with Gasteiger partial charge in [-0.25, -0.2) is 13.2 Å². The van der Waals surface area contributed by atoms with E-state index < -0.39 is 21.9 Å². The molecule has 0 unspecified atom stereocenters. The number of aromatic amines is 1. The zero-order valence-electron chi connectivity index (χ0n) is 19.6. The number of benzene rings is 1. The van der Waals surface area contributed by atoms with E-state index in [4.69, 9.17) is 9.47 Å². The van der Waals surface area contributed by atoms with Crippen LogP contribution in [-0.4, -0.2) is 55.9 Å². The number of hydrogen-bond donors (Lipinski definition) is 2. The number of nitrogens with one attached hydrogen (secondary N) is 2. The summed E-state index contributed by atoms with van der Waals surface area (Å²) in [6, 6.07) is 4.40. The highest BCUT2D eigenvalue weighted by Gasteiger charge is 2.28. The van der Waals surface area contributed by atoms with E-state index in [2.05, 4.69) is 10.3 Å². The highest BCUT2D eigenvalue weighted by atomic mass is 32.2. The van der Waals surface area contributed by atoms with E-state index in [-0.39, 0.29) is 22.4 Å². The molecule has 0 atom stereocenters. The van der Waals surface area contributed by atoms with E-state index >= 15 is 0 Å². The molecule has 1 saturated heterocycles. The van der Waals surface area contributed by atoms with Gasteiger partial charge in [-0.15, -0.1) is 0 Å². The molecule has 0 saturated carbocycles. The molecule has 1 amide bonds. The van der Waals surface area contributed by atoms with Gasteiger partial charge in [0.2, 0.25) is 10.0 Å². The Labute approximate surface area is 194 Å². The Morgan fingerprint density at radius 1 is 1.12 bits per heavy atom. The number of hydrogen-bond acceptors (Lipinski definition) is 6. The molecule has 2 N–H and O–H groups in total. The number of sulfonamides is 1. The van der Waals surface area contributed by atoms with Gasteiger partial charge < -0.3 is 19.8 Å². The summed E-state index contributed by atoms with van der Waals surface area (Å²) in [6.07, 6.45) is 2.37. The van der Waals surface area contributed by atoms with Crippen LogP contribution in [0.1, 0.15) is 65.2 Å². The number of H-pyrrole nitrogens is 1. The van der Waals surface area contributed by atoms with Gasteiger partial charge in [-0.3, -0.25) is 4.79 Å². The number of carbonyl (C=O) groups is 2. The number of amides is 1. The van der Waals surface area contributed by atoms with Crippen molar-refractivity contribution in [2.45, 2.75) is 58.0 Å². The monoisotopic (exact) mass is 477 g/mol. The number of ether oxygens (including phenoxy) is 2. The topological polar surface area (TPSA) is 118 Å². The van der Waals surface area contributed by atoms with Gasteiger partial charge >= 0.3 is 5.97 Å². The summed E-state index contributed by atoms with van der Waals surface area (Å²) >= 11 is 0. The van der Waals surface area contributed by atoms with Gasteiger partial charge in [-0.2, -0.15) is 4.31 Å². The van der Waals surface area contributed by atoms with Crippen LogP contribution in [0.2, 0.25) is 0 Å². The fourth-order valence-electron chi connectivity index (χ4n) is 3.94. The van der Waals surface area contributed by atoms with E-state index in [9.17, 15) is 18.0 Å². The third-order valence-corrected chi connectivity index (χ3v) is 7.48. The van der Waals surface area contributed by atoms with Crippen molar-refractivity contribution in [1.29, 1.82) is 0 Å². The Bertz CT molecular complexity index is 1150. The summed E-state index contributed by atoms with van der Waals surface area (Å²) in [5.41, 5.74) is 1.68. The number of anilines is 1. The maximum absolute atomic E-state index is 13.1. The number of carbonyl (C=O) groups excluding carboxylic acids is 2. The van der Waals surface area contributed by atoms with Gasteiger partial charge in [0, 0.05) is 18.8 Å². The second kappa shape index (κ2) is 9.96. The third-order valence-electron chi connectivity index (χ3n) is 5.58. The molecule has 1 fully saturated rings. The molecular formula is C23H31N3O6S. The van der Waals surface area contributed by atoms with Gasteiger partial charge in [-0.1, -0.05) is 6.42 Å². The summed E-state index contributed by atoms with van der Waals surface area (Å²) < 4.78 is 38.2. The van der Waals surface area contributed by atoms with Crippen molar-refractivity contribution in [2.24, 2.45) is 0 Å². The molecule has 3 rings (SSSR count). The molecule has 0 bridgehead atoms. The van der Waals surface area contributed by atoms with Crippen LogP contribution in [0.3, 0.4) is 0 Å². The van der Waals surface area contributed by atoms with E-state index in [1.54, 1.807) is 27.7 Å². The average Bonchev–Trinajstić information content (AvgIpc) is 3.07. The Morgan fingerprint density at radius 2 is 1.79 bits per heavy atom. The first kappa shape index (κ1) is 24.8. The Kier molecular flexibility index (Phi) is 7.48. The molecule has 0 radical (unpaired) electrons. The lowest BCUT2D eigenvalue weighted by atomic mass is 10.1. The van der Waals surface area contributed by atoms with Crippen LogP contribution in [-0.2, 0) is 14.8 Å². The molecule has 2 aromatic rings. The summed E-state index contributed by atoms with van der Waals surface area (Å²) in [7, 11) is -2.25. The first-order valence-electron chi connectivity index (χ1n) is 11.0. The molecule has 0 aliphatic carbocycles. The summed E-state index contributed by atoms with van der Waals surface area (Å²) in [6.45, 7) is 7.80. The molecule has 1 aliphatic heterocycles. The lowest BCUT2D eigenvalue weighted by Gasteiger charge is -2.26. The third kappa shape index (κ3) is 5.22. The fourth-order valence-corrected chi connectivity index (χ4v) is 5.48. The smallest absolute Gasteiger partial charge is 0.340 e. The van der Waals surface area contributed by atoms with Crippen molar-refractivity contribution < 1.29 is 27.5 Å².